The van der Waals surface area contributed by atoms with Crippen molar-refractivity contribution in [1.29, 1.82) is 0 Å². The molecule has 148 valence electrons. The lowest BCUT2D eigenvalue weighted by Crippen LogP contribution is -2.44. The molecule has 4 rings (SSSR count). The van der Waals surface area contributed by atoms with Crippen LogP contribution in [0.15, 0.2) is 35.1 Å². The number of rotatable bonds is 4. The predicted octanol–water partition coefficient (Wildman–Crippen LogP) is 1.46. The molecule has 2 aromatic rings. The van der Waals surface area contributed by atoms with Gasteiger partial charge < -0.3 is 19.5 Å². The van der Waals surface area contributed by atoms with E-state index in [0.717, 1.165) is 17.7 Å². The van der Waals surface area contributed by atoms with E-state index in [-0.39, 0.29) is 23.9 Å². The summed E-state index contributed by atoms with van der Waals surface area (Å²) in [6.07, 6.45) is 0.282. The lowest BCUT2D eigenvalue weighted by molar-refractivity contribution is -0.118. The Kier molecular flexibility index (Phi) is 5.13. The number of benzene rings is 1. The van der Waals surface area contributed by atoms with Crippen LogP contribution in [-0.4, -0.2) is 54.4 Å². The second kappa shape index (κ2) is 7.71. The van der Waals surface area contributed by atoms with Crippen LogP contribution >= 0.6 is 0 Å². The number of alkyl halides is 1. The molecule has 0 aliphatic carbocycles. The summed E-state index contributed by atoms with van der Waals surface area (Å²) in [5.74, 6) is 0.650. The maximum absolute atomic E-state index is 13.0. The normalized spacial score (nSPS) is 21.6. The maximum Gasteiger partial charge on any atom is 0.252 e. The molecule has 2 aliphatic rings. The summed E-state index contributed by atoms with van der Waals surface area (Å²) in [5.41, 5.74) is 1.73. The Morgan fingerprint density at radius 2 is 2.21 bits per heavy atom. The molecule has 2 atom stereocenters. The summed E-state index contributed by atoms with van der Waals surface area (Å²) >= 11 is 0. The lowest BCUT2D eigenvalue weighted by atomic mass is 10.1. The number of para-hydroxylation sites is 1. The van der Waals surface area contributed by atoms with Gasteiger partial charge in [-0.1, -0.05) is 18.2 Å². The first-order valence-electron chi connectivity index (χ1n) is 9.48. The van der Waals surface area contributed by atoms with E-state index in [0.29, 0.717) is 31.3 Å². The Morgan fingerprint density at radius 3 is 3.04 bits per heavy atom. The molecular formula is C20H23FN4O3. The van der Waals surface area contributed by atoms with Crippen molar-refractivity contribution in [1.82, 2.24) is 9.97 Å². The van der Waals surface area contributed by atoms with Crippen LogP contribution in [0.2, 0.25) is 0 Å². The number of morpholine rings is 1. The SMILES string of the molecule is CC1Cc2ccccc2N1C(=O)Cc1nc(N2CCOC(CF)C2)cc(=O)[nH]1. The number of nitrogens with one attached hydrogen (secondary N) is 1. The quantitative estimate of drug-likeness (QED) is 0.861. The summed E-state index contributed by atoms with van der Waals surface area (Å²) in [6.45, 7) is 2.65. The van der Waals surface area contributed by atoms with E-state index in [4.69, 9.17) is 4.74 Å². The third-order valence-corrected chi connectivity index (χ3v) is 5.21. The fraction of sp³-hybridized carbons (Fsp3) is 0.450. The van der Waals surface area contributed by atoms with E-state index in [2.05, 4.69) is 9.97 Å². The van der Waals surface area contributed by atoms with Gasteiger partial charge in [-0.05, 0) is 25.0 Å². The van der Waals surface area contributed by atoms with Crippen molar-refractivity contribution < 1.29 is 13.9 Å². The van der Waals surface area contributed by atoms with E-state index >= 15 is 0 Å². The molecule has 1 saturated heterocycles. The second-order valence-electron chi connectivity index (χ2n) is 7.27. The number of fused-ring (bicyclic) bond motifs is 1. The monoisotopic (exact) mass is 386 g/mol. The Labute approximate surface area is 162 Å². The Bertz CT molecular complexity index is 932. The number of hydrogen-bond donors (Lipinski definition) is 1. The van der Waals surface area contributed by atoms with Crippen LogP contribution in [-0.2, 0) is 22.4 Å². The molecule has 3 heterocycles. The van der Waals surface area contributed by atoms with Crippen LogP contribution in [0.25, 0.3) is 0 Å². The topological polar surface area (TPSA) is 78.5 Å². The Hall–Kier alpha value is -2.74. The van der Waals surface area contributed by atoms with Crippen molar-refractivity contribution in [3.8, 4) is 0 Å². The van der Waals surface area contributed by atoms with Gasteiger partial charge >= 0.3 is 0 Å². The van der Waals surface area contributed by atoms with Gasteiger partial charge in [-0.15, -0.1) is 0 Å². The number of ether oxygens (including phenoxy) is 1. The van der Waals surface area contributed by atoms with Crippen molar-refractivity contribution in [2.24, 2.45) is 0 Å². The third-order valence-electron chi connectivity index (χ3n) is 5.21. The van der Waals surface area contributed by atoms with Crippen LogP contribution in [0.4, 0.5) is 15.9 Å². The van der Waals surface area contributed by atoms with Crippen LogP contribution in [0.1, 0.15) is 18.3 Å². The number of nitrogens with zero attached hydrogens (tertiary/aromatic N) is 3. The highest BCUT2D eigenvalue weighted by molar-refractivity contribution is 5.97. The van der Waals surface area contributed by atoms with Gasteiger partial charge in [-0.3, -0.25) is 9.59 Å². The number of anilines is 2. The van der Waals surface area contributed by atoms with Crippen LogP contribution in [0, 0.1) is 0 Å². The first-order chi connectivity index (χ1) is 13.5. The minimum atomic E-state index is -0.586. The lowest BCUT2D eigenvalue weighted by Gasteiger charge is -2.32. The summed E-state index contributed by atoms with van der Waals surface area (Å²) in [4.78, 5) is 35.8. The number of aromatic nitrogens is 2. The van der Waals surface area contributed by atoms with E-state index in [1.807, 2.05) is 36.1 Å². The average Bonchev–Trinajstić information content (AvgIpc) is 3.03. The highest BCUT2D eigenvalue weighted by Gasteiger charge is 2.31. The van der Waals surface area contributed by atoms with Gasteiger partial charge in [0.2, 0.25) is 5.91 Å². The number of amides is 1. The van der Waals surface area contributed by atoms with Gasteiger partial charge in [0.25, 0.3) is 5.56 Å². The molecule has 0 spiro atoms. The van der Waals surface area contributed by atoms with Crippen molar-refractivity contribution in [2.45, 2.75) is 31.9 Å². The maximum atomic E-state index is 13.0. The highest BCUT2D eigenvalue weighted by Crippen LogP contribution is 2.32. The van der Waals surface area contributed by atoms with Gasteiger partial charge in [0.1, 0.15) is 24.4 Å². The number of hydrogen-bond acceptors (Lipinski definition) is 5. The minimum absolute atomic E-state index is 0.00136. The van der Waals surface area contributed by atoms with Crippen molar-refractivity contribution >= 4 is 17.4 Å². The zero-order valence-electron chi connectivity index (χ0n) is 15.7. The molecular weight excluding hydrogens is 363 g/mol. The van der Waals surface area contributed by atoms with E-state index < -0.39 is 12.8 Å². The highest BCUT2D eigenvalue weighted by atomic mass is 19.1. The van der Waals surface area contributed by atoms with Gasteiger partial charge in [0, 0.05) is 30.9 Å². The molecule has 1 amide bonds. The molecule has 0 saturated carbocycles. The zero-order chi connectivity index (χ0) is 19.7. The summed E-state index contributed by atoms with van der Waals surface area (Å²) < 4.78 is 18.3. The largest absolute Gasteiger partial charge is 0.372 e. The molecule has 1 aromatic heterocycles. The molecule has 0 radical (unpaired) electrons. The van der Waals surface area contributed by atoms with Crippen LogP contribution < -0.4 is 15.4 Å². The van der Waals surface area contributed by atoms with Gasteiger partial charge in [-0.25, -0.2) is 9.37 Å². The summed E-state index contributed by atoms with van der Waals surface area (Å²) in [5, 5.41) is 0. The Morgan fingerprint density at radius 1 is 1.39 bits per heavy atom. The summed E-state index contributed by atoms with van der Waals surface area (Å²) in [7, 11) is 0. The van der Waals surface area contributed by atoms with E-state index in [1.54, 1.807) is 4.90 Å². The number of carbonyl (C=O) groups excluding carboxylic acids is 1. The van der Waals surface area contributed by atoms with E-state index in [1.165, 1.54) is 6.07 Å². The molecule has 7 nitrogen and oxygen atoms in total. The standard InChI is InChI=1S/C20H23FN4O3/c1-13-8-14-4-2-3-5-16(14)25(13)20(27)9-17-22-18(10-19(26)23-17)24-6-7-28-15(11-21)12-24/h2-5,10,13,15H,6-9,11-12H2,1H3,(H,22,23,26). The Balaban J connectivity index is 1.55. The van der Waals surface area contributed by atoms with Gasteiger partial charge in [-0.2, -0.15) is 0 Å². The van der Waals surface area contributed by atoms with E-state index in [9.17, 15) is 14.0 Å². The smallest absolute Gasteiger partial charge is 0.252 e. The molecule has 28 heavy (non-hydrogen) atoms. The number of aromatic amines is 1. The molecule has 2 unspecified atom stereocenters. The number of halogens is 1. The number of H-pyrrole nitrogens is 1. The molecule has 8 heteroatoms. The summed E-state index contributed by atoms with van der Waals surface area (Å²) in [6, 6.07) is 9.28. The average molecular weight is 386 g/mol. The van der Waals surface area contributed by atoms with Crippen molar-refractivity contribution in [3.05, 3.63) is 52.1 Å². The van der Waals surface area contributed by atoms with Gasteiger partial charge in [0.05, 0.1) is 13.0 Å². The predicted molar refractivity (Wildman–Crippen MR) is 104 cm³/mol. The number of carbonyl (C=O) groups is 1. The minimum Gasteiger partial charge on any atom is -0.372 e. The zero-order valence-corrected chi connectivity index (χ0v) is 15.7. The van der Waals surface area contributed by atoms with Crippen LogP contribution in [0.3, 0.4) is 0 Å². The molecule has 2 aliphatic heterocycles. The molecule has 1 fully saturated rings. The van der Waals surface area contributed by atoms with Crippen molar-refractivity contribution in [2.75, 3.05) is 36.2 Å². The molecule has 1 aromatic carbocycles. The van der Waals surface area contributed by atoms with Gasteiger partial charge in [0.15, 0.2) is 0 Å². The molecule has 0 bridgehead atoms. The fourth-order valence-corrected chi connectivity index (χ4v) is 3.93. The molecule has 1 N–H and O–H groups in total. The fourth-order valence-electron chi connectivity index (χ4n) is 3.93. The van der Waals surface area contributed by atoms with Crippen molar-refractivity contribution in [3.63, 3.8) is 0 Å². The first-order valence-corrected chi connectivity index (χ1v) is 9.48. The van der Waals surface area contributed by atoms with Crippen LogP contribution in [0.5, 0.6) is 0 Å². The first kappa shape index (κ1) is 18.6. The second-order valence-corrected chi connectivity index (χ2v) is 7.27. The third kappa shape index (κ3) is 3.64.